The van der Waals surface area contributed by atoms with Gasteiger partial charge in [-0.2, -0.15) is 0 Å². The Labute approximate surface area is 140 Å². The smallest absolute Gasteiger partial charge is 0.0271 e. The Hall–Kier alpha value is -1.71. The molecule has 23 heavy (non-hydrogen) atoms. The molecule has 0 saturated carbocycles. The Bertz CT molecular complexity index is 570. The number of benzene rings is 1. The van der Waals surface area contributed by atoms with Crippen LogP contribution in [0.2, 0.25) is 0 Å². The Morgan fingerprint density at radius 3 is 2.00 bits per heavy atom. The highest BCUT2D eigenvalue weighted by atomic mass is 15.1. The highest BCUT2D eigenvalue weighted by molar-refractivity contribution is 5.27. The lowest BCUT2D eigenvalue weighted by Gasteiger charge is -2.23. The molecular weight excluding hydrogens is 282 g/mol. The van der Waals surface area contributed by atoms with Crippen molar-refractivity contribution >= 4 is 0 Å². The predicted molar refractivity (Wildman–Crippen MR) is 97.2 cm³/mol. The van der Waals surface area contributed by atoms with E-state index in [1.165, 1.54) is 16.7 Å². The van der Waals surface area contributed by atoms with Gasteiger partial charge in [0.25, 0.3) is 0 Å². The highest BCUT2D eigenvalue weighted by Crippen LogP contribution is 2.22. The van der Waals surface area contributed by atoms with Gasteiger partial charge in [0.15, 0.2) is 0 Å². The standard InChI is InChI=1S/C20H29N3/c1-20(2,3)19-7-5-17(6-8-19)15-23(14-4-11-21)16-18-9-12-22-13-10-18/h5-10,12-13H,4,11,14-16,21H2,1-3H3. The molecule has 0 fully saturated rings. The van der Waals surface area contributed by atoms with E-state index in [-0.39, 0.29) is 5.41 Å². The average molecular weight is 311 g/mol. The summed E-state index contributed by atoms with van der Waals surface area (Å²) in [5, 5.41) is 0. The van der Waals surface area contributed by atoms with Gasteiger partial charge in [-0.15, -0.1) is 0 Å². The summed E-state index contributed by atoms with van der Waals surface area (Å²) in [4.78, 5) is 6.55. The van der Waals surface area contributed by atoms with Gasteiger partial charge < -0.3 is 5.73 Å². The summed E-state index contributed by atoms with van der Waals surface area (Å²) in [6.07, 6.45) is 4.73. The van der Waals surface area contributed by atoms with E-state index in [1.54, 1.807) is 0 Å². The Morgan fingerprint density at radius 1 is 0.913 bits per heavy atom. The van der Waals surface area contributed by atoms with Crippen molar-refractivity contribution in [2.24, 2.45) is 5.73 Å². The summed E-state index contributed by atoms with van der Waals surface area (Å²) in [5.41, 5.74) is 9.92. The maximum absolute atomic E-state index is 5.69. The number of hydrogen-bond acceptors (Lipinski definition) is 3. The minimum Gasteiger partial charge on any atom is -0.330 e. The maximum atomic E-state index is 5.69. The van der Waals surface area contributed by atoms with Crippen LogP contribution in [0.1, 0.15) is 43.9 Å². The van der Waals surface area contributed by atoms with Gasteiger partial charge >= 0.3 is 0 Å². The first-order valence-corrected chi connectivity index (χ1v) is 8.40. The molecule has 0 aliphatic heterocycles. The Kier molecular flexibility index (Phi) is 6.31. The molecule has 124 valence electrons. The van der Waals surface area contributed by atoms with Crippen molar-refractivity contribution in [3.8, 4) is 0 Å². The van der Waals surface area contributed by atoms with Crippen molar-refractivity contribution in [3.63, 3.8) is 0 Å². The quantitative estimate of drug-likeness (QED) is 0.847. The van der Waals surface area contributed by atoms with Gasteiger partial charge in [-0.25, -0.2) is 0 Å². The zero-order valence-corrected chi connectivity index (χ0v) is 14.6. The first kappa shape index (κ1) is 17.6. The molecule has 0 amide bonds. The van der Waals surface area contributed by atoms with Crippen LogP contribution in [0.25, 0.3) is 0 Å². The second-order valence-corrected chi connectivity index (χ2v) is 7.16. The fraction of sp³-hybridized carbons (Fsp3) is 0.450. The van der Waals surface area contributed by atoms with E-state index in [2.05, 4.69) is 67.1 Å². The van der Waals surface area contributed by atoms with Crippen molar-refractivity contribution in [1.29, 1.82) is 0 Å². The fourth-order valence-corrected chi connectivity index (χ4v) is 2.64. The van der Waals surface area contributed by atoms with Crippen molar-refractivity contribution in [1.82, 2.24) is 9.88 Å². The molecule has 1 aromatic carbocycles. The summed E-state index contributed by atoms with van der Waals surface area (Å²) in [7, 11) is 0. The van der Waals surface area contributed by atoms with E-state index < -0.39 is 0 Å². The summed E-state index contributed by atoms with van der Waals surface area (Å²) >= 11 is 0. The molecule has 1 aromatic heterocycles. The van der Waals surface area contributed by atoms with Crippen LogP contribution in [-0.2, 0) is 18.5 Å². The van der Waals surface area contributed by atoms with Crippen LogP contribution >= 0.6 is 0 Å². The first-order valence-electron chi connectivity index (χ1n) is 8.40. The molecule has 3 heteroatoms. The molecular formula is C20H29N3. The molecule has 0 unspecified atom stereocenters. The molecule has 0 aliphatic carbocycles. The number of hydrogen-bond donors (Lipinski definition) is 1. The van der Waals surface area contributed by atoms with Crippen LogP contribution in [-0.4, -0.2) is 23.0 Å². The Balaban J connectivity index is 2.05. The van der Waals surface area contributed by atoms with Crippen LogP contribution in [0.5, 0.6) is 0 Å². The number of pyridine rings is 1. The molecule has 2 aromatic rings. The summed E-state index contributed by atoms with van der Waals surface area (Å²) in [5.74, 6) is 0. The van der Waals surface area contributed by atoms with Crippen LogP contribution < -0.4 is 5.73 Å². The molecule has 0 radical (unpaired) electrons. The Morgan fingerprint density at radius 2 is 1.48 bits per heavy atom. The number of rotatable bonds is 7. The van der Waals surface area contributed by atoms with Crippen LogP contribution in [0.4, 0.5) is 0 Å². The van der Waals surface area contributed by atoms with Crippen LogP contribution in [0.15, 0.2) is 48.8 Å². The molecule has 3 nitrogen and oxygen atoms in total. The number of nitrogens with zero attached hydrogens (tertiary/aromatic N) is 2. The van der Waals surface area contributed by atoms with Gasteiger partial charge in [-0.3, -0.25) is 9.88 Å². The van der Waals surface area contributed by atoms with Crippen LogP contribution in [0, 0.1) is 0 Å². The van der Waals surface area contributed by atoms with Gasteiger partial charge in [0.2, 0.25) is 0 Å². The summed E-state index contributed by atoms with van der Waals surface area (Å²) in [6, 6.07) is 13.2. The van der Waals surface area contributed by atoms with Gasteiger partial charge in [0.05, 0.1) is 0 Å². The third kappa shape index (κ3) is 5.77. The van der Waals surface area contributed by atoms with Gasteiger partial charge in [-0.1, -0.05) is 45.0 Å². The third-order valence-electron chi connectivity index (χ3n) is 4.06. The van der Waals surface area contributed by atoms with E-state index in [9.17, 15) is 0 Å². The molecule has 2 N–H and O–H groups in total. The summed E-state index contributed by atoms with van der Waals surface area (Å²) in [6.45, 7) is 10.4. The largest absolute Gasteiger partial charge is 0.330 e. The zero-order chi connectivity index (χ0) is 16.7. The minimum atomic E-state index is 0.203. The molecule has 0 spiro atoms. The van der Waals surface area contributed by atoms with E-state index >= 15 is 0 Å². The first-order chi connectivity index (χ1) is 11.0. The van der Waals surface area contributed by atoms with Gasteiger partial charge in [-0.05, 0) is 47.2 Å². The lowest BCUT2D eigenvalue weighted by Crippen LogP contribution is -2.25. The maximum Gasteiger partial charge on any atom is 0.0271 e. The predicted octanol–water partition coefficient (Wildman–Crippen LogP) is 3.73. The summed E-state index contributed by atoms with van der Waals surface area (Å²) < 4.78 is 0. The van der Waals surface area contributed by atoms with Crippen molar-refractivity contribution in [2.45, 2.75) is 45.7 Å². The minimum absolute atomic E-state index is 0.203. The fourth-order valence-electron chi connectivity index (χ4n) is 2.64. The average Bonchev–Trinajstić information content (AvgIpc) is 2.53. The van der Waals surface area contributed by atoms with E-state index in [1.807, 2.05) is 12.4 Å². The van der Waals surface area contributed by atoms with E-state index in [0.717, 1.165) is 32.6 Å². The molecule has 0 atom stereocenters. The lowest BCUT2D eigenvalue weighted by atomic mass is 9.87. The van der Waals surface area contributed by atoms with Gasteiger partial charge in [0.1, 0.15) is 0 Å². The number of aromatic nitrogens is 1. The topological polar surface area (TPSA) is 42.1 Å². The SMILES string of the molecule is CC(C)(C)c1ccc(CN(CCCN)Cc2ccncc2)cc1. The van der Waals surface area contributed by atoms with Crippen molar-refractivity contribution in [3.05, 3.63) is 65.5 Å². The van der Waals surface area contributed by atoms with E-state index in [0.29, 0.717) is 0 Å². The highest BCUT2D eigenvalue weighted by Gasteiger charge is 2.13. The lowest BCUT2D eigenvalue weighted by molar-refractivity contribution is 0.255. The monoisotopic (exact) mass is 311 g/mol. The van der Waals surface area contributed by atoms with Crippen molar-refractivity contribution in [2.75, 3.05) is 13.1 Å². The normalized spacial score (nSPS) is 11.9. The second-order valence-electron chi connectivity index (χ2n) is 7.16. The molecule has 0 aliphatic rings. The molecule has 0 saturated heterocycles. The molecule has 0 bridgehead atoms. The molecule has 2 rings (SSSR count). The van der Waals surface area contributed by atoms with Gasteiger partial charge in [0, 0.05) is 32.0 Å². The number of nitrogens with two attached hydrogens (primary N) is 1. The van der Waals surface area contributed by atoms with E-state index in [4.69, 9.17) is 5.73 Å². The third-order valence-corrected chi connectivity index (χ3v) is 4.06. The van der Waals surface area contributed by atoms with Crippen LogP contribution in [0.3, 0.4) is 0 Å². The second kappa shape index (κ2) is 8.23. The van der Waals surface area contributed by atoms with Crippen molar-refractivity contribution < 1.29 is 0 Å². The molecule has 1 heterocycles. The zero-order valence-electron chi connectivity index (χ0n) is 14.6.